The monoisotopic (exact) mass is 422 g/mol. The Hall–Kier alpha value is -2.85. The molecule has 3 rings (SSSR count). The number of benzene rings is 2. The van der Waals surface area contributed by atoms with Crippen LogP contribution in [0.15, 0.2) is 41.3 Å². The lowest BCUT2D eigenvalue weighted by atomic mass is 10.0. The maximum atomic E-state index is 13.3. The highest BCUT2D eigenvalue weighted by Gasteiger charge is 2.38. The molecule has 9 nitrogen and oxygen atoms in total. The summed E-state index contributed by atoms with van der Waals surface area (Å²) in [5.74, 6) is 1.13. The van der Waals surface area contributed by atoms with E-state index in [1.807, 2.05) is 0 Å². The molecular weight excluding hydrogens is 400 g/mol. The molecule has 0 spiro atoms. The fourth-order valence-corrected chi connectivity index (χ4v) is 5.24. The zero-order valence-corrected chi connectivity index (χ0v) is 17.1. The Kier molecular flexibility index (Phi) is 5.94. The first-order valence-electron chi connectivity index (χ1n) is 8.89. The van der Waals surface area contributed by atoms with Crippen molar-refractivity contribution in [3.8, 4) is 17.2 Å². The molecule has 29 heavy (non-hydrogen) atoms. The average molecular weight is 422 g/mol. The number of hydrogen-bond acceptors (Lipinski definition) is 7. The van der Waals surface area contributed by atoms with E-state index in [4.69, 9.17) is 14.2 Å². The second-order valence-electron chi connectivity index (χ2n) is 6.47. The number of methoxy groups -OCH3 is 3. The van der Waals surface area contributed by atoms with Crippen LogP contribution in [0.2, 0.25) is 0 Å². The third-order valence-corrected chi connectivity index (χ3v) is 6.86. The molecule has 2 aromatic carbocycles. The standard InChI is InChI=1S/C19H22N2O7S/c1-26-13-6-8-15(19(11-13)28-3)16-5-4-10-20(16)29(24,25)14-7-9-18(27-2)17(12-14)21(22)23/h6-9,11-12,16H,4-5,10H2,1-3H3/t16-/m1/s1. The SMILES string of the molecule is COc1ccc([C@H]2CCCN2S(=O)(=O)c2ccc(OC)c([N+](=O)[O-])c2)c(OC)c1. The highest BCUT2D eigenvalue weighted by molar-refractivity contribution is 7.89. The molecule has 0 bridgehead atoms. The van der Waals surface area contributed by atoms with Gasteiger partial charge in [0.05, 0.1) is 37.2 Å². The summed E-state index contributed by atoms with van der Waals surface area (Å²) in [6, 6.07) is 8.45. The summed E-state index contributed by atoms with van der Waals surface area (Å²) in [4.78, 5) is 10.5. The Balaban J connectivity index is 2.03. The van der Waals surface area contributed by atoms with Gasteiger partial charge in [-0.15, -0.1) is 0 Å². The quantitative estimate of drug-likeness (QED) is 0.498. The first-order chi connectivity index (χ1) is 13.8. The van der Waals surface area contributed by atoms with Crippen LogP contribution in [-0.2, 0) is 10.0 Å². The van der Waals surface area contributed by atoms with Crippen LogP contribution in [0.25, 0.3) is 0 Å². The molecule has 156 valence electrons. The molecule has 2 aromatic rings. The Bertz CT molecular complexity index is 1020. The third kappa shape index (κ3) is 3.85. The van der Waals surface area contributed by atoms with Gasteiger partial charge in [-0.1, -0.05) is 6.07 Å². The number of nitro benzene ring substituents is 1. The molecule has 1 aliphatic rings. The van der Waals surface area contributed by atoms with E-state index in [0.717, 1.165) is 11.6 Å². The van der Waals surface area contributed by atoms with Gasteiger partial charge in [0.1, 0.15) is 11.5 Å². The summed E-state index contributed by atoms with van der Waals surface area (Å²) in [5, 5.41) is 11.3. The zero-order chi connectivity index (χ0) is 21.2. The third-order valence-electron chi connectivity index (χ3n) is 4.96. The first kappa shape index (κ1) is 20.9. The van der Waals surface area contributed by atoms with Crippen molar-refractivity contribution in [1.82, 2.24) is 4.31 Å². The summed E-state index contributed by atoms with van der Waals surface area (Å²) in [5.41, 5.74) is 0.323. The molecule has 1 saturated heterocycles. The maximum absolute atomic E-state index is 13.3. The second-order valence-corrected chi connectivity index (χ2v) is 8.36. The fourth-order valence-electron chi connectivity index (χ4n) is 3.54. The highest BCUT2D eigenvalue weighted by atomic mass is 32.2. The number of hydrogen-bond donors (Lipinski definition) is 0. The number of sulfonamides is 1. The molecule has 1 atom stereocenters. The number of nitrogens with zero attached hydrogens (tertiary/aromatic N) is 2. The van der Waals surface area contributed by atoms with E-state index in [0.29, 0.717) is 30.9 Å². The van der Waals surface area contributed by atoms with Gasteiger partial charge >= 0.3 is 5.69 Å². The van der Waals surface area contributed by atoms with E-state index >= 15 is 0 Å². The first-order valence-corrected chi connectivity index (χ1v) is 10.3. The summed E-state index contributed by atoms with van der Waals surface area (Å²) < 4.78 is 43.6. The van der Waals surface area contributed by atoms with Gasteiger partial charge in [-0.2, -0.15) is 4.31 Å². The van der Waals surface area contributed by atoms with Crippen LogP contribution in [0.5, 0.6) is 17.2 Å². The summed E-state index contributed by atoms with van der Waals surface area (Å²) in [7, 11) is 0.375. The highest BCUT2D eigenvalue weighted by Crippen LogP contribution is 2.42. The molecule has 0 aromatic heterocycles. The van der Waals surface area contributed by atoms with E-state index in [1.165, 1.54) is 37.8 Å². The number of rotatable bonds is 7. The molecule has 0 aliphatic carbocycles. The summed E-state index contributed by atoms with van der Waals surface area (Å²) in [6.07, 6.45) is 1.28. The Morgan fingerprint density at radius 2 is 1.76 bits per heavy atom. The molecular formula is C19H22N2O7S. The van der Waals surface area contributed by atoms with Crippen LogP contribution in [-0.4, -0.2) is 45.5 Å². The van der Waals surface area contributed by atoms with Crippen molar-refractivity contribution in [1.29, 1.82) is 0 Å². The number of nitro groups is 1. The predicted octanol–water partition coefficient (Wildman–Crippen LogP) is 3.15. The van der Waals surface area contributed by atoms with Crippen LogP contribution in [0.1, 0.15) is 24.4 Å². The van der Waals surface area contributed by atoms with Crippen LogP contribution in [0.3, 0.4) is 0 Å². The minimum atomic E-state index is -3.97. The normalized spacial score (nSPS) is 17.1. The van der Waals surface area contributed by atoms with Crippen molar-refractivity contribution in [2.24, 2.45) is 0 Å². The topological polar surface area (TPSA) is 108 Å². The van der Waals surface area contributed by atoms with E-state index in [-0.39, 0.29) is 10.6 Å². The van der Waals surface area contributed by atoms with Crippen LogP contribution >= 0.6 is 0 Å². The summed E-state index contributed by atoms with van der Waals surface area (Å²) >= 11 is 0. The zero-order valence-electron chi connectivity index (χ0n) is 16.3. The van der Waals surface area contributed by atoms with Gasteiger partial charge in [-0.3, -0.25) is 10.1 Å². The van der Waals surface area contributed by atoms with Gasteiger partial charge in [-0.05, 0) is 31.0 Å². The average Bonchev–Trinajstić information content (AvgIpc) is 3.23. The van der Waals surface area contributed by atoms with Crippen molar-refractivity contribution in [3.05, 3.63) is 52.1 Å². The van der Waals surface area contributed by atoms with E-state index < -0.39 is 26.7 Å². The number of ether oxygens (including phenoxy) is 3. The van der Waals surface area contributed by atoms with Crippen LogP contribution in [0.4, 0.5) is 5.69 Å². The molecule has 1 fully saturated rings. The van der Waals surface area contributed by atoms with Crippen molar-refractivity contribution >= 4 is 15.7 Å². The molecule has 0 saturated carbocycles. The smallest absolute Gasteiger partial charge is 0.312 e. The van der Waals surface area contributed by atoms with Gasteiger partial charge in [0, 0.05) is 24.2 Å². The molecule has 0 amide bonds. The molecule has 0 N–H and O–H groups in total. The fraction of sp³-hybridized carbons (Fsp3) is 0.368. The lowest BCUT2D eigenvalue weighted by Crippen LogP contribution is -2.31. The van der Waals surface area contributed by atoms with Crippen molar-refractivity contribution in [3.63, 3.8) is 0 Å². The Morgan fingerprint density at radius 1 is 1.03 bits per heavy atom. The Morgan fingerprint density at radius 3 is 2.38 bits per heavy atom. The molecule has 0 unspecified atom stereocenters. The van der Waals surface area contributed by atoms with E-state index in [2.05, 4.69) is 0 Å². The summed E-state index contributed by atoms with van der Waals surface area (Å²) in [6.45, 7) is 0.308. The van der Waals surface area contributed by atoms with Crippen molar-refractivity contribution < 1.29 is 27.6 Å². The van der Waals surface area contributed by atoms with Gasteiger partial charge in [0.25, 0.3) is 0 Å². The molecule has 10 heteroatoms. The van der Waals surface area contributed by atoms with Crippen molar-refractivity contribution in [2.45, 2.75) is 23.8 Å². The van der Waals surface area contributed by atoms with E-state index in [1.54, 1.807) is 18.2 Å². The lowest BCUT2D eigenvalue weighted by molar-refractivity contribution is -0.386. The minimum Gasteiger partial charge on any atom is -0.497 e. The van der Waals surface area contributed by atoms with E-state index in [9.17, 15) is 18.5 Å². The van der Waals surface area contributed by atoms with Gasteiger partial charge in [-0.25, -0.2) is 8.42 Å². The minimum absolute atomic E-state index is 0.00347. The molecule has 0 radical (unpaired) electrons. The second kappa shape index (κ2) is 8.26. The maximum Gasteiger partial charge on any atom is 0.312 e. The molecule has 1 heterocycles. The van der Waals surface area contributed by atoms with Gasteiger partial charge in [0.15, 0.2) is 5.75 Å². The lowest BCUT2D eigenvalue weighted by Gasteiger charge is -2.26. The van der Waals surface area contributed by atoms with Gasteiger partial charge in [0.2, 0.25) is 10.0 Å². The van der Waals surface area contributed by atoms with Gasteiger partial charge < -0.3 is 14.2 Å². The largest absolute Gasteiger partial charge is 0.497 e. The van der Waals surface area contributed by atoms with Crippen LogP contribution < -0.4 is 14.2 Å². The Labute approximate surface area is 169 Å². The molecule has 1 aliphatic heterocycles. The predicted molar refractivity (Wildman–Crippen MR) is 105 cm³/mol. The van der Waals surface area contributed by atoms with Crippen molar-refractivity contribution in [2.75, 3.05) is 27.9 Å². The van der Waals surface area contributed by atoms with Crippen LogP contribution in [0, 0.1) is 10.1 Å².